The number of aryl methyl sites for hydroxylation is 2. The van der Waals surface area contributed by atoms with E-state index in [-0.39, 0.29) is 0 Å². The van der Waals surface area contributed by atoms with Crippen molar-refractivity contribution in [2.24, 2.45) is 0 Å². The van der Waals surface area contributed by atoms with E-state index in [2.05, 4.69) is 30.8 Å². The lowest BCUT2D eigenvalue weighted by Gasteiger charge is -2.13. The average Bonchev–Trinajstić information content (AvgIpc) is 3.21. The monoisotopic (exact) mass is 402 g/mol. The van der Waals surface area contributed by atoms with Crippen molar-refractivity contribution in [3.05, 3.63) is 40.6 Å². The zero-order valence-corrected chi connectivity index (χ0v) is 17.7. The first-order valence-electron chi connectivity index (χ1n) is 9.51. The van der Waals surface area contributed by atoms with Crippen LogP contribution >= 0.6 is 11.8 Å². The van der Waals surface area contributed by atoms with Gasteiger partial charge in [-0.25, -0.2) is 4.68 Å². The summed E-state index contributed by atoms with van der Waals surface area (Å²) in [5, 5.41) is 10.2. The van der Waals surface area contributed by atoms with Gasteiger partial charge < -0.3 is 15.5 Å². The van der Waals surface area contributed by atoms with Crippen LogP contribution in [0.15, 0.2) is 18.2 Å². The fourth-order valence-corrected chi connectivity index (χ4v) is 4.28. The van der Waals surface area contributed by atoms with Gasteiger partial charge in [-0.1, -0.05) is 17.7 Å². The maximum Gasteiger partial charge on any atom is 0.314 e. The normalized spacial score (nSPS) is 12.9. The summed E-state index contributed by atoms with van der Waals surface area (Å²) in [6.45, 7) is 5.49. The molecule has 0 spiro atoms. The molecule has 0 saturated heterocycles. The first-order valence-corrected chi connectivity index (χ1v) is 10.7. The van der Waals surface area contributed by atoms with E-state index in [0.717, 1.165) is 47.0 Å². The zero-order valence-electron chi connectivity index (χ0n) is 16.9. The summed E-state index contributed by atoms with van der Waals surface area (Å²) in [6.07, 6.45) is 0.827. The van der Waals surface area contributed by atoms with Crippen LogP contribution in [0.5, 0.6) is 0 Å². The van der Waals surface area contributed by atoms with Crippen LogP contribution in [0.25, 0.3) is 5.69 Å². The molecular formula is C20H28N5O2S+. The summed E-state index contributed by atoms with van der Waals surface area (Å²) < 4.78 is 1.76. The molecule has 1 aromatic carbocycles. The Morgan fingerprint density at radius 3 is 2.71 bits per heavy atom. The van der Waals surface area contributed by atoms with Gasteiger partial charge in [0, 0.05) is 30.0 Å². The minimum absolute atomic E-state index is 0.488. The van der Waals surface area contributed by atoms with Crippen molar-refractivity contribution in [1.29, 1.82) is 0 Å². The lowest BCUT2D eigenvalue weighted by molar-refractivity contribution is -0.858. The molecule has 150 valence electrons. The number of rotatable bonds is 6. The van der Waals surface area contributed by atoms with Crippen molar-refractivity contribution in [2.75, 3.05) is 32.5 Å². The molecule has 1 aliphatic rings. The molecular weight excluding hydrogens is 374 g/mol. The number of nitrogens with zero attached hydrogens (tertiary/aromatic N) is 2. The molecule has 0 saturated carbocycles. The second kappa shape index (κ2) is 8.79. The van der Waals surface area contributed by atoms with Gasteiger partial charge in [0.1, 0.15) is 5.82 Å². The highest BCUT2D eigenvalue weighted by molar-refractivity contribution is 7.98. The van der Waals surface area contributed by atoms with E-state index in [4.69, 9.17) is 5.10 Å². The number of nitrogens with one attached hydrogen (secondary N) is 3. The Kier molecular flexibility index (Phi) is 6.41. The van der Waals surface area contributed by atoms with E-state index in [1.165, 1.54) is 10.5 Å². The number of hydrogen-bond acceptors (Lipinski definition) is 4. The molecule has 2 amide bonds. The Balaban J connectivity index is 1.78. The molecule has 1 aliphatic heterocycles. The summed E-state index contributed by atoms with van der Waals surface area (Å²) in [7, 11) is 4.11. The molecule has 0 aliphatic carbocycles. The second-order valence-electron chi connectivity index (χ2n) is 7.49. The quantitative estimate of drug-likeness (QED) is 0.494. The SMILES string of the molecule is Cc1ccc(-n2nc3c(c2NC(=O)C(=O)NCCC[NH+](C)C)CSC3)c(C)c1. The van der Waals surface area contributed by atoms with E-state index in [1.807, 2.05) is 26.0 Å². The van der Waals surface area contributed by atoms with Crippen molar-refractivity contribution >= 4 is 29.4 Å². The predicted molar refractivity (Wildman–Crippen MR) is 112 cm³/mol. The number of thioether (sulfide) groups is 1. The van der Waals surface area contributed by atoms with Gasteiger partial charge in [0.25, 0.3) is 0 Å². The minimum atomic E-state index is -0.650. The Labute approximate surface area is 169 Å². The third-order valence-corrected chi connectivity index (χ3v) is 5.68. The summed E-state index contributed by atoms with van der Waals surface area (Å²) in [5.74, 6) is 0.937. The van der Waals surface area contributed by atoms with E-state index >= 15 is 0 Å². The van der Waals surface area contributed by atoms with Crippen molar-refractivity contribution < 1.29 is 14.5 Å². The third-order valence-electron chi connectivity index (χ3n) is 4.71. The maximum atomic E-state index is 12.5. The number of fused-ring (bicyclic) bond motifs is 1. The Hall–Kier alpha value is -2.32. The number of benzene rings is 1. The van der Waals surface area contributed by atoms with Crippen LogP contribution in [0.4, 0.5) is 5.82 Å². The highest BCUT2D eigenvalue weighted by Gasteiger charge is 2.26. The van der Waals surface area contributed by atoms with Crippen molar-refractivity contribution in [1.82, 2.24) is 15.1 Å². The molecule has 2 aromatic rings. The van der Waals surface area contributed by atoms with Gasteiger partial charge in [-0.2, -0.15) is 16.9 Å². The van der Waals surface area contributed by atoms with Gasteiger partial charge >= 0.3 is 11.8 Å². The van der Waals surface area contributed by atoms with Gasteiger partial charge in [-0.15, -0.1) is 0 Å². The number of carbonyl (C=O) groups excluding carboxylic acids is 2. The fraction of sp³-hybridized carbons (Fsp3) is 0.450. The molecule has 28 heavy (non-hydrogen) atoms. The molecule has 2 heterocycles. The number of carbonyl (C=O) groups is 2. The van der Waals surface area contributed by atoms with Crippen LogP contribution in [0.3, 0.4) is 0 Å². The fourth-order valence-electron chi connectivity index (χ4n) is 3.25. The smallest absolute Gasteiger partial charge is 0.314 e. The van der Waals surface area contributed by atoms with Crippen molar-refractivity contribution in [2.45, 2.75) is 31.8 Å². The Morgan fingerprint density at radius 2 is 2.00 bits per heavy atom. The van der Waals surface area contributed by atoms with Crippen molar-refractivity contribution in [3.8, 4) is 5.69 Å². The van der Waals surface area contributed by atoms with Crippen LogP contribution in [0.2, 0.25) is 0 Å². The maximum absolute atomic E-state index is 12.5. The highest BCUT2D eigenvalue weighted by atomic mass is 32.2. The largest absolute Gasteiger partial charge is 0.348 e. The minimum Gasteiger partial charge on any atom is -0.348 e. The highest BCUT2D eigenvalue weighted by Crippen LogP contribution is 2.36. The number of hydrogen-bond donors (Lipinski definition) is 3. The topological polar surface area (TPSA) is 80.5 Å². The van der Waals surface area contributed by atoms with E-state index in [1.54, 1.807) is 16.4 Å². The average molecular weight is 403 g/mol. The number of quaternary nitrogens is 1. The summed E-state index contributed by atoms with van der Waals surface area (Å²) in [4.78, 5) is 26.0. The standard InChI is InChI=1S/C20H27N5O2S/c1-13-6-7-17(14(2)10-13)25-18(15-11-28-12-16(15)23-25)22-20(27)19(26)21-8-5-9-24(3)4/h6-7,10H,5,8-9,11-12H2,1-4H3,(H,21,26)(H,22,27)/p+1. The molecule has 1 aromatic heterocycles. The third kappa shape index (κ3) is 4.56. The molecule has 3 rings (SSSR count). The van der Waals surface area contributed by atoms with Gasteiger partial charge in [0.2, 0.25) is 0 Å². The summed E-state index contributed by atoms with van der Waals surface area (Å²) in [6, 6.07) is 6.11. The van der Waals surface area contributed by atoms with Crippen LogP contribution < -0.4 is 15.5 Å². The molecule has 0 fully saturated rings. The second-order valence-corrected chi connectivity index (χ2v) is 8.47. The lowest BCUT2D eigenvalue weighted by atomic mass is 10.1. The van der Waals surface area contributed by atoms with Gasteiger partial charge in [0.15, 0.2) is 0 Å². The summed E-state index contributed by atoms with van der Waals surface area (Å²) >= 11 is 1.76. The molecule has 0 bridgehead atoms. The number of amides is 2. The van der Waals surface area contributed by atoms with Crippen LogP contribution in [-0.4, -0.2) is 48.8 Å². The van der Waals surface area contributed by atoms with Gasteiger partial charge in [-0.3, -0.25) is 9.59 Å². The van der Waals surface area contributed by atoms with Crippen LogP contribution in [-0.2, 0) is 21.1 Å². The molecule has 0 atom stereocenters. The Morgan fingerprint density at radius 1 is 1.21 bits per heavy atom. The Bertz CT molecular complexity index is 891. The molecule has 3 N–H and O–H groups in total. The van der Waals surface area contributed by atoms with Gasteiger partial charge in [-0.05, 0) is 25.5 Å². The van der Waals surface area contributed by atoms with Crippen LogP contribution in [0, 0.1) is 13.8 Å². The molecule has 7 nitrogen and oxygen atoms in total. The zero-order chi connectivity index (χ0) is 20.3. The number of anilines is 1. The predicted octanol–water partition coefficient (Wildman–Crippen LogP) is 0.825. The first kappa shape index (κ1) is 20.4. The van der Waals surface area contributed by atoms with E-state index < -0.39 is 11.8 Å². The molecule has 8 heteroatoms. The van der Waals surface area contributed by atoms with Gasteiger partial charge in [0.05, 0.1) is 32.0 Å². The van der Waals surface area contributed by atoms with E-state index in [9.17, 15) is 9.59 Å². The molecule has 0 unspecified atom stereocenters. The van der Waals surface area contributed by atoms with Crippen molar-refractivity contribution in [3.63, 3.8) is 0 Å². The lowest BCUT2D eigenvalue weighted by Crippen LogP contribution is -3.05. The first-order chi connectivity index (χ1) is 13.4. The van der Waals surface area contributed by atoms with Crippen LogP contribution in [0.1, 0.15) is 28.8 Å². The van der Waals surface area contributed by atoms with E-state index in [0.29, 0.717) is 12.4 Å². The number of aromatic nitrogens is 2. The molecule has 0 radical (unpaired) electrons. The summed E-state index contributed by atoms with van der Waals surface area (Å²) in [5.41, 5.74) is 5.12.